The van der Waals surface area contributed by atoms with Crippen LogP contribution in [-0.4, -0.2) is 10.1 Å². The van der Waals surface area contributed by atoms with Crippen molar-refractivity contribution < 1.29 is 13.9 Å². The predicted molar refractivity (Wildman–Crippen MR) is 97.5 cm³/mol. The number of H-pyrrole nitrogens is 1. The lowest BCUT2D eigenvalue weighted by molar-refractivity contribution is 0.479. The monoisotopic (exact) mass is 386 g/mol. The van der Waals surface area contributed by atoms with E-state index in [-0.39, 0.29) is 16.9 Å². The van der Waals surface area contributed by atoms with Crippen molar-refractivity contribution >= 4 is 32.9 Å². The van der Waals surface area contributed by atoms with Crippen molar-refractivity contribution in [2.75, 3.05) is 0 Å². The molecule has 0 spiro atoms. The van der Waals surface area contributed by atoms with Crippen LogP contribution in [0.15, 0.2) is 40.5 Å². The van der Waals surface area contributed by atoms with Crippen LogP contribution in [0.3, 0.4) is 0 Å². The fourth-order valence-corrected chi connectivity index (χ4v) is 4.77. The van der Waals surface area contributed by atoms with Crippen LogP contribution in [0.5, 0.6) is 5.75 Å². The van der Waals surface area contributed by atoms with E-state index in [0.29, 0.717) is 20.7 Å². The van der Waals surface area contributed by atoms with Gasteiger partial charge in [0.05, 0.1) is 5.39 Å². The Bertz CT molecular complexity index is 1260. The summed E-state index contributed by atoms with van der Waals surface area (Å²) in [7, 11) is 0. The van der Waals surface area contributed by atoms with E-state index in [4.69, 9.17) is 5.26 Å². The van der Waals surface area contributed by atoms with Crippen LogP contribution in [-0.2, 0) is 0 Å². The molecule has 4 nitrogen and oxygen atoms in total. The molecule has 0 atom stereocenters. The Morgan fingerprint density at radius 3 is 2.54 bits per heavy atom. The number of aromatic amines is 1. The van der Waals surface area contributed by atoms with Gasteiger partial charge in [0, 0.05) is 32.3 Å². The molecule has 1 aromatic carbocycles. The number of nitrogens with zero attached hydrogens (tertiary/aromatic N) is 1. The summed E-state index contributed by atoms with van der Waals surface area (Å²) >= 11 is 2.49. The molecule has 0 amide bonds. The second-order valence-corrected chi connectivity index (χ2v) is 7.39. The first kappa shape index (κ1) is 16.4. The van der Waals surface area contributed by atoms with Crippen LogP contribution in [0.25, 0.3) is 31.1 Å². The Balaban J connectivity index is 1.89. The van der Waals surface area contributed by atoms with Gasteiger partial charge < -0.3 is 10.1 Å². The van der Waals surface area contributed by atoms with E-state index in [2.05, 4.69) is 4.98 Å². The molecule has 0 aliphatic carbocycles. The van der Waals surface area contributed by atoms with Crippen LogP contribution in [0.2, 0.25) is 0 Å². The molecule has 4 aromatic rings. The highest BCUT2D eigenvalue weighted by atomic mass is 32.1. The number of rotatable bonds is 2. The Labute approximate surface area is 153 Å². The van der Waals surface area contributed by atoms with Crippen LogP contribution in [0.1, 0.15) is 5.56 Å². The molecule has 0 aliphatic rings. The number of thiophene rings is 2. The maximum atomic E-state index is 14.0. The fourth-order valence-electron chi connectivity index (χ4n) is 2.68. The largest absolute Gasteiger partial charge is 0.506 e. The summed E-state index contributed by atoms with van der Waals surface area (Å²) in [5.74, 6) is -1.68. The first-order chi connectivity index (χ1) is 12.5. The number of hydrogen-bond donors (Lipinski definition) is 2. The molecule has 0 fully saturated rings. The Kier molecular flexibility index (Phi) is 3.83. The highest BCUT2D eigenvalue weighted by Gasteiger charge is 2.19. The maximum Gasteiger partial charge on any atom is 0.270 e. The summed E-state index contributed by atoms with van der Waals surface area (Å²) in [5.41, 5.74) is -0.0868. The molecule has 0 saturated heterocycles. The molecular weight excluding hydrogens is 378 g/mol. The quantitative estimate of drug-likeness (QED) is 0.517. The smallest absolute Gasteiger partial charge is 0.270 e. The summed E-state index contributed by atoms with van der Waals surface area (Å²) in [4.78, 5) is 16.1. The summed E-state index contributed by atoms with van der Waals surface area (Å²) < 4.78 is 27.1. The van der Waals surface area contributed by atoms with Crippen LogP contribution in [0, 0.1) is 23.0 Å². The molecule has 3 aromatic heterocycles. The second kappa shape index (κ2) is 6.05. The summed E-state index contributed by atoms with van der Waals surface area (Å²) in [6.07, 6.45) is 0. The number of hydrogen-bond acceptors (Lipinski definition) is 5. The SMILES string of the molecule is N#Cc1c(O)c2c(-c3ccc(-c4ccc(F)cc4F)s3)csc2[nH]c1=O. The third-order valence-electron chi connectivity index (χ3n) is 3.90. The zero-order chi connectivity index (χ0) is 18.4. The maximum absolute atomic E-state index is 14.0. The van der Waals surface area contributed by atoms with Crippen molar-refractivity contribution in [1.29, 1.82) is 5.26 Å². The molecule has 3 heterocycles. The number of pyridine rings is 1. The van der Waals surface area contributed by atoms with E-state index in [9.17, 15) is 18.7 Å². The number of aromatic hydroxyl groups is 1. The van der Waals surface area contributed by atoms with E-state index in [1.54, 1.807) is 23.6 Å². The van der Waals surface area contributed by atoms with Gasteiger partial charge in [-0.3, -0.25) is 4.79 Å². The number of benzene rings is 1. The standard InChI is InChI=1S/C18H8F2N2O2S2/c19-8-1-2-9(12(20)5-8)13-3-4-14(26-13)11-7-25-18-15(11)16(23)10(6-21)17(24)22-18/h1-5,7H,(H2,22,23,24). The van der Waals surface area contributed by atoms with Crippen molar-refractivity contribution in [2.45, 2.75) is 0 Å². The average molecular weight is 386 g/mol. The highest BCUT2D eigenvalue weighted by molar-refractivity contribution is 7.20. The van der Waals surface area contributed by atoms with Gasteiger partial charge in [0.15, 0.2) is 5.56 Å². The molecule has 8 heteroatoms. The lowest BCUT2D eigenvalue weighted by Crippen LogP contribution is -2.09. The van der Waals surface area contributed by atoms with Crippen molar-refractivity contribution in [3.63, 3.8) is 0 Å². The van der Waals surface area contributed by atoms with E-state index >= 15 is 0 Å². The van der Waals surface area contributed by atoms with Crippen LogP contribution in [0.4, 0.5) is 8.78 Å². The third-order valence-corrected chi connectivity index (χ3v) is 5.95. The van der Waals surface area contributed by atoms with Crippen molar-refractivity contribution in [3.05, 3.63) is 63.3 Å². The van der Waals surface area contributed by atoms with Gasteiger partial charge in [-0.2, -0.15) is 5.26 Å². The van der Waals surface area contributed by atoms with Crippen molar-refractivity contribution in [2.24, 2.45) is 0 Å². The van der Waals surface area contributed by atoms with E-state index in [0.717, 1.165) is 10.9 Å². The first-order valence-electron chi connectivity index (χ1n) is 7.31. The Morgan fingerprint density at radius 2 is 1.85 bits per heavy atom. The number of nitrogens with one attached hydrogen (secondary N) is 1. The van der Waals surface area contributed by atoms with Crippen LogP contribution >= 0.6 is 22.7 Å². The third kappa shape index (κ3) is 2.49. The topological polar surface area (TPSA) is 76.9 Å². The van der Waals surface area contributed by atoms with Gasteiger partial charge in [-0.15, -0.1) is 22.7 Å². The number of halogens is 2. The van der Waals surface area contributed by atoms with E-state index in [1.165, 1.54) is 34.8 Å². The van der Waals surface area contributed by atoms with Gasteiger partial charge in [-0.05, 0) is 24.3 Å². The van der Waals surface area contributed by atoms with E-state index < -0.39 is 17.2 Å². The van der Waals surface area contributed by atoms with Gasteiger partial charge in [0.25, 0.3) is 5.56 Å². The zero-order valence-corrected chi connectivity index (χ0v) is 14.5. The van der Waals surface area contributed by atoms with E-state index in [1.807, 2.05) is 0 Å². The molecule has 4 rings (SSSR count). The molecule has 2 N–H and O–H groups in total. The number of nitriles is 1. The summed E-state index contributed by atoms with van der Waals surface area (Å²) in [5, 5.41) is 21.5. The molecular formula is C18H8F2N2O2S2. The number of fused-ring (bicyclic) bond motifs is 1. The molecule has 0 saturated carbocycles. The van der Waals surface area contributed by atoms with Crippen LogP contribution < -0.4 is 5.56 Å². The van der Waals surface area contributed by atoms with Gasteiger partial charge in [0.1, 0.15) is 28.3 Å². The molecule has 26 heavy (non-hydrogen) atoms. The molecule has 128 valence electrons. The lowest BCUT2D eigenvalue weighted by Gasteiger charge is -2.01. The Hall–Kier alpha value is -3.02. The fraction of sp³-hybridized carbons (Fsp3) is 0. The average Bonchev–Trinajstić information content (AvgIpc) is 3.22. The summed E-state index contributed by atoms with van der Waals surface area (Å²) in [6.45, 7) is 0. The van der Waals surface area contributed by atoms with Crippen molar-refractivity contribution in [3.8, 4) is 32.7 Å². The van der Waals surface area contributed by atoms with Crippen molar-refractivity contribution in [1.82, 2.24) is 4.98 Å². The zero-order valence-electron chi connectivity index (χ0n) is 12.8. The minimum Gasteiger partial charge on any atom is -0.506 e. The molecule has 0 bridgehead atoms. The van der Waals surface area contributed by atoms with Gasteiger partial charge in [-0.25, -0.2) is 8.78 Å². The second-order valence-electron chi connectivity index (χ2n) is 5.43. The molecule has 0 unspecified atom stereocenters. The van der Waals surface area contributed by atoms with Gasteiger partial charge in [0.2, 0.25) is 0 Å². The minimum atomic E-state index is -0.660. The highest BCUT2D eigenvalue weighted by Crippen LogP contribution is 2.43. The first-order valence-corrected chi connectivity index (χ1v) is 9.01. The number of aromatic nitrogens is 1. The van der Waals surface area contributed by atoms with Gasteiger partial charge >= 0.3 is 0 Å². The Morgan fingerprint density at radius 1 is 1.12 bits per heavy atom. The predicted octanol–water partition coefficient (Wildman–Crippen LogP) is 4.84. The molecule has 0 aliphatic heterocycles. The van der Waals surface area contributed by atoms with Gasteiger partial charge in [-0.1, -0.05) is 0 Å². The normalized spacial score (nSPS) is 11.0. The minimum absolute atomic E-state index is 0.275. The lowest BCUT2D eigenvalue weighted by atomic mass is 10.1. The summed E-state index contributed by atoms with van der Waals surface area (Å²) in [6, 6.07) is 8.53. The molecule has 0 radical (unpaired) electrons.